The van der Waals surface area contributed by atoms with Gasteiger partial charge in [0.25, 0.3) is 5.91 Å². The number of rotatable bonds is 6. The number of amides is 1. The van der Waals surface area contributed by atoms with Crippen LogP contribution in [-0.2, 0) is 17.6 Å². The molecule has 2 heterocycles. The fourth-order valence-corrected chi connectivity index (χ4v) is 4.28. The van der Waals surface area contributed by atoms with Gasteiger partial charge in [-0.05, 0) is 62.5 Å². The summed E-state index contributed by atoms with van der Waals surface area (Å²) in [5.74, 6) is 1.59. The maximum Gasteiger partial charge on any atom is 0.264 e. The Kier molecular flexibility index (Phi) is 5.96. The molecule has 148 valence electrons. The summed E-state index contributed by atoms with van der Waals surface area (Å²) in [6, 6.07) is 18.5. The summed E-state index contributed by atoms with van der Waals surface area (Å²) in [6.07, 6.45) is 3.53. The zero-order chi connectivity index (χ0) is 19.3. The molecular formula is C24H30N2O2. The van der Waals surface area contributed by atoms with E-state index in [9.17, 15) is 4.79 Å². The Bertz CT molecular complexity index is 759. The first kappa shape index (κ1) is 19.0. The molecule has 2 aliphatic heterocycles. The molecule has 0 radical (unpaired) electrons. The van der Waals surface area contributed by atoms with Crippen molar-refractivity contribution in [3.8, 4) is 5.75 Å². The van der Waals surface area contributed by atoms with Crippen LogP contribution in [0.1, 0.15) is 24.0 Å². The molecule has 0 saturated carbocycles. The molecule has 4 heteroatoms. The van der Waals surface area contributed by atoms with Crippen molar-refractivity contribution in [3.63, 3.8) is 0 Å². The number of likely N-dealkylation sites (tertiary alicyclic amines) is 1. The van der Waals surface area contributed by atoms with Crippen molar-refractivity contribution in [1.82, 2.24) is 9.80 Å². The van der Waals surface area contributed by atoms with Gasteiger partial charge in [0.05, 0.1) is 0 Å². The molecule has 1 saturated heterocycles. The van der Waals surface area contributed by atoms with E-state index in [1.807, 2.05) is 24.3 Å². The Morgan fingerprint density at radius 1 is 1.07 bits per heavy atom. The van der Waals surface area contributed by atoms with Crippen molar-refractivity contribution in [1.29, 1.82) is 0 Å². The van der Waals surface area contributed by atoms with Crippen LogP contribution in [0.3, 0.4) is 0 Å². The van der Waals surface area contributed by atoms with Gasteiger partial charge in [0, 0.05) is 19.5 Å². The first-order chi connectivity index (χ1) is 13.7. The highest BCUT2D eigenvalue weighted by atomic mass is 16.5. The summed E-state index contributed by atoms with van der Waals surface area (Å²) in [5, 5.41) is 0. The Morgan fingerprint density at radius 2 is 1.79 bits per heavy atom. The third-order valence-corrected chi connectivity index (χ3v) is 6.06. The molecule has 4 nitrogen and oxygen atoms in total. The van der Waals surface area contributed by atoms with E-state index in [-0.39, 0.29) is 12.0 Å². The summed E-state index contributed by atoms with van der Waals surface area (Å²) in [7, 11) is 2.18. The van der Waals surface area contributed by atoms with Gasteiger partial charge in [0.2, 0.25) is 0 Å². The highest BCUT2D eigenvalue weighted by Gasteiger charge is 2.33. The summed E-state index contributed by atoms with van der Waals surface area (Å²) in [6.45, 7) is 3.84. The number of benzene rings is 2. The molecular weight excluding hydrogens is 348 g/mol. The molecule has 0 N–H and O–H groups in total. The number of para-hydroxylation sites is 1. The van der Waals surface area contributed by atoms with Crippen LogP contribution in [-0.4, -0.2) is 55.0 Å². The van der Waals surface area contributed by atoms with E-state index in [0.717, 1.165) is 56.8 Å². The Labute approximate surface area is 168 Å². The second kappa shape index (κ2) is 8.78. The van der Waals surface area contributed by atoms with Crippen LogP contribution in [0.25, 0.3) is 0 Å². The molecule has 1 atom stereocenters. The molecule has 1 amide bonds. The SMILES string of the molecule is CN1CCC(CN(CCc2ccccc2)C(=O)C2Cc3ccccc3O2)CC1. The zero-order valence-corrected chi connectivity index (χ0v) is 16.7. The number of carbonyl (C=O) groups is 1. The molecule has 2 aliphatic rings. The molecule has 0 aromatic heterocycles. The lowest BCUT2D eigenvalue weighted by molar-refractivity contribution is -0.138. The van der Waals surface area contributed by atoms with Crippen molar-refractivity contribution < 1.29 is 9.53 Å². The van der Waals surface area contributed by atoms with Gasteiger partial charge in [-0.2, -0.15) is 0 Å². The van der Waals surface area contributed by atoms with Crippen LogP contribution >= 0.6 is 0 Å². The van der Waals surface area contributed by atoms with E-state index in [1.165, 1.54) is 5.56 Å². The van der Waals surface area contributed by atoms with Gasteiger partial charge in [0.15, 0.2) is 6.10 Å². The van der Waals surface area contributed by atoms with Crippen LogP contribution in [0.15, 0.2) is 54.6 Å². The van der Waals surface area contributed by atoms with Crippen molar-refractivity contribution in [3.05, 3.63) is 65.7 Å². The van der Waals surface area contributed by atoms with E-state index in [1.54, 1.807) is 0 Å². The number of hydrogen-bond donors (Lipinski definition) is 0. The first-order valence-electron chi connectivity index (χ1n) is 10.4. The quantitative estimate of drug-likeness (QED) is 0.772. The van der Waals surface area contributed by atoms with Crippen LogP contribution in [0.2, 0.25) is 0 Å². The number of ether oxygens (including phenoxy) is 1. The van der Waals surface area contributed by atoms with Crippen LogP contribution < -0.4 is 4.74 Å². The molecule has 2 aromatic rings. The lowest BCUT2D eigenvalue weighted by Gasteiger charge is -2.34. The molecule has 0 spiro atoms. The maximum absolute atomic E-state index is 13.4. The minimum absolute atomic E-state index is 0.144. The number of piperidine rings is 1. The zero-order valence-electron chi connectivity index (χ0n) is 16.7. The largest absolute Gasteiger partial charge is 0.480 e. The van der Waals surface area contributed by atoms with Gasteiger partial charge in [-0.15, -0.1) is 0 Å². The average Bonchev–Trinajstić information content (AvgIpc) is 3.17. The normalized spacial score (nSPS) is 19.8. The molecule has 1 fully saturated rings. The standard InChI is InChI=1S/C24H30N2O2/c1-25-14-11-20(12-15-25)18-26(16-13-19-7-3-2-4-8-19)24(27)23-17-21-9-5-6-10-22(21)28-23/h2-10,20,23H,11-18H2,1H3. The Balaban J connectivity index is 1.43. The summed E-state index contributed by atoms with van der Waals surface area (Å²) < 4.78 is 6.01. The highest BCUT2D eigenvalue weighted by Crippen LogP contribution is 2.29. The molecule has 28 heavy (non-hydrogen) atoms. The summed E-state index contributed by atoms with van der Waals surface area (Å²) in [4.78, 5) is 17.8. The second-order valence-corrected chi connectivity index (χ2v) is 8.18. The molecule has 4 rings (SSSR count). The minimum atomic E-state index is -0.376. The molecule has 0 bridgehead atoms. The van der Waals surface area contributed by atoms with Crippen molar-refractivity contribution in [2.75, 3.05) is 33.2 Å². The molecule has 1 unspecified atom stereocenters. The van der Waals surface area contributed by atoms with Crippen LogP contribution in [0.4, 0.5) is 0 Å². The maximum atomic E-state index is 13.4. The fourth-order valence-electron chi connectivity index (χ4n) is 4.28. The average molecular weight is 379 g/mol. The summed E-state index contributed by atoms with van der Waals surface area (Å²) >= 11 is 0. The predicted octanol–water partition coefficient (Wildman–Crippen LogP) is 3.40. The third kappa shape index (κ3) is 4.56. The lowest BCUT2D eigenvalue weighted by Crippen LogP contribution is -2.46. The minimum Gasteiger partial charge on any atom is -0.480 e. The van der Waals surface area contributed by atoms with Gasteiger partial charge >= 0.3 is 0 Å². The lowest BCUT2D eigenvalue weighted by atomic mass is 9.96. The fraction of sp³-hybridized carbons (Fsp3) is 0.458. The van der Waals surface area contributed by atoms with Crippen molar-refractivity contribution in [2.45, 2.75) is 31.8 Å². The van der Waals surface area contributed by atoms with Crippen LogP contribution in [0, 0.1) is 5.92 Å². The van der Waals surface area contributed by atoms with Gasteiger partial charge < -0.3 is 14.5 Å². The van der Waals surface area contributed by atoms with Gasteiger partial charge in [-0.3, -0.25) is 4.79 Å². The smallest absolute Gasteiger partial charge is 0.264 e. The predicted molar refractivity (Wildman–Crippen MR) is 112 cm³/mol. The number of fused-ring (bicyclic) bond motifs is 1. The van der Waals surface area contributed by atoms with Crippen molar-refractivity contribution in [2.24, 2.45) is 5.92 Å². The van der Waals surface area contributed by atoms with E-state index >= 15 is 0 Å². The Morgan fingerprint density at radius 3 is 2.54 bits per heavy atom. The van der Waals surface area contributed by atoms with Gasteiger partial charge in [0.1, 0.15) is 5.75 Å². The third-order valence-electron chi connectivity index (χ3n) is 6.06. The van der Waals surface area contributed by atoms with E-state index in [0.29, 0.717) is 12.3 Å². The van der Waals surface area contributed by atoms with E-state index < -0.39 is 0 Å². The van der Waals surface area contributed by atoms with Gasteiger partial charge in [-0.1, -0.05) is 48.5 Å². The highest BCUT2D eigenvalue weighted by molar-refractivity contribution is 5.82. The van der Waals surface area contributed by atoms with E-state index in [2.05, 4.69) is 47.2 Å². The molecule has 0 aliphatic carbocycles. The second-order valence-electron chi connectivity index (χ2n) is 8.18. The van der Waals surface area contributed by atoms with Crippen molar-refractivity contribution >= 4 is 5.91 Å². The monoisotopic (exact) mass is 378 g/mol. The van der Waals surface area contributed by atoms with Crippen LogP contribution in [0.5, 0.6) is 5.75 Å². The number of carbonyl (C=O) groups excluding carboxylic acids is 1. The topological polar surface area (TPSA) is 32.8 Å². The number of hydrogen-bond acceptors (Lipinski definition) is 3. The summed E-state index contributed by atoms with van der Waals surface area (Å²) in [5.41, 5.74) is 2.42. The van der Waals surface area contributed by atoms with Gasteiger partial charge in [-0.25, -0.2) is 0 Å². The number of nitrogens with zero attached hydrogens (tertiary/aromatic N) is 2. The first-order valence-corrected chi connectivity index (χ1v) is 10.4. The van der Waals surface area contributed by atoms with E-state index in [4.69, 9.17) is 4.74 Å². The Hall–Kier alpha value is -2.33. The molecule has 2 aromatic carbocycles.